The minimum Gasteiger partial charge on any atom is -0.876 e. The number of benzene rings is 4. The zero-order chi connectivity index (χ0) is 41.7. The summed E-state index contributed by atoms with van der Waals surface area (Å²) in [4.78, 5) is 30.4. The second kappa shape index (κ2) is 23.9. The topological polar surface area (TPSA) is 133 Å². The summed E-state index contributed by atoms with van der Waals surface area (Å²) in [6.45, 7) is 22.2. The predicted octanol–water partition coefficient (Wildman–Crippen LogP) is 10.9. The van der Waals surface area contributed by atoms with E-state index in [1.165, 1.54) is 27.7 Å². The molecule has 2 radical (unpaired) electrons. The van der Waals surface area contributed by atoms with Crippen LogP contribution in [-0.4, -0.2) is 23.0 Å². The van der Waals surface area contributed by atoms with Gasteiger partial charge in [0, 0.05) is 11.4 Å². The molecule has 0 aromatic heterocycles. The van der Waals surface area contributed by atoms with Gasteiger partial charge in [-0.05, 0) is 104 Å². The summed E-state index contributed by atoms with van der Waals surface area (Å²) in [6, 6.07) is 25.1. The van der Waals surface area contributed by atoms with Gasteiger partial charge in [-0.2, -0.15) is 0 Å². The summed E-state index contributed by atoms with van der Waals surface area (Å²) in [5, 5.41) is 30.4. The fraction of sp³-hybridized carbons (Fsp3) is 0.250. The monoisotopic (exact) mass is 874 g/mol. The van der Waals surface area contributed by atoms with Crippen LogP contribution in [0.1, 0.15) is 72.2 Å². The van der Waals surface area contributed by atoms with E-state index in [1.807, 2.05) is 0 Å². The molecule has 0 amide bonds. The van der Waals surface area contributed by atoms with E-state index < -0.39 is 0 Å². The Labute approximate surface area is 366 Å². The molecule has 0 unspecified atom stereocenters. The maximum absolute atomic E-state index is 9.98. The number of carbonyl (C=O) groups excluding carboxylic acids is 2. The van der Waals surface area contributed by atoms with E-state index in [9.17, 15) is 19.8 Å². The van der Waals surface area contributed by atoms with Crippen LogP contribution in [0.25, 0.3) is 10.6 Å². The second-order valence-corrected chi connectivity index (χ2v) is 14.0. The molecule has 4 aromatic rings. The number of carbonyl (C=O) groups is 2. The third kappa shape index (κ3) is 15.3. The van der Waals surface area contributed by atoms with Crippen molar-refractivity contribution in [2.24, 2.45) is 9.98 Å². The zero-order valence-electron chi connectivity index (χ0n) is 35.3. The van der Waals surface area contributed by atoms with Crippen molar-refractivity contribution in [3.05, 3.63) is 175 Å². The van der Waals surface area contributed by atoms with Crippen molar-refractivity contribution in [3.8, 4) is 0 Å². The van der Waals surface area contributed by atoms with Crippen molar-refractivity contribution in [3.63, 3.8) is 0 Å². The molecule has 0 saturated carbocycles. The Kier molecular flexibility index (Phi) is 20.9. The quantitative estimate of drug-likeness (QED) is 0.0754. The summed E-state index contributed by atoms with van der Waals surface area (Å²) in [5.41, 5.74) is 15.8. The minimum atomic E-state index is -0.187. The molecule has 0 bridgehead atoms. The average molecular weight is 876 g/mol. The molecule has 0 fully saturated rings. The fourth-order valence-electron chi connectivity index (χ4n) is 5.90. The standard InChI is InChI=1S/C38H38N4.2C5H8O2.2Cu/c1-23-13-9-14-24(2)35(23)39-31-21-33(41-37-27(5)17-11-18-28(37)6)34(42-38-29(7)19-12-20-30(38)8)22-32(31)40-36-25(3)15-10-16-26(36)4;2*1-4(6)3-5(2)7;;/h9-22H,1-8H3;2*3,6H,1-2H3;;/q-2;;;2*+2/p-2/b;2*4-3-;;. The normalized spacial score (nSPS) is 13.7. The van der Waals surface area contributed by atoms with Crippen LogP contribution in [0, 0.1) is 55.4 Å². The van der Waals surface area contributed by atoms with Gasteiger partial charge >= 0.3 is 34.1 Å². The Morgan fingerprint density at radius 1 is 0.466 bits per heavy atom. The van der Waals surface area contributed by atoms with Crippen LogP contribution < -0.4 is 10.2 Å². The summed E-state index contributed by atoms with van der Waals surface area (Å²) in [6.07, 6.45) is 6.22. The van der Waals surface area contributed by atoms with Gasteiger partial charge in [0.15, 0.2) is 11.6 Å². The van der Waals surface area contributed by atoms with Crippen LogP contribution in [0.3, 0.4) is 0 Å². The van der Waals surface area contributed by atoms with E-state index in [2.05, 4.69) is 140 Å². The Hall–Kier alpha value is -5.24. The predicted molar refractivity (Wildman–Crippen MR) is 229 cm³/mol. The molecular weight excluding hydrogens is 824 g/mol. The first kappa shape index (κ1) is 50.8. The van der Waals surface area contributed by atoms with E-state index in [0.717, 1.165) is 102 Å². The molecule has 0 heterocycles. The fourth-order valence-corrected chi connectivity index (χ4v) is 5.90. The van der Waals surface area contributed by atoms with Crippen molar-refractivity contribution >= 4 is 45.7 Å². The maximum atomic E-state index is 9.98. The van der Waals surface area contributed by atoms with Crippen molar-refractivity contribution in [1.29, 1.82) is 0 Å². The number of rotatable bonds is 8. The number of ketones is 2. The summed E-state index contributed by atoms with van der Waals surface area (Å²) < 4.78 is 0. The Balaban J connectivity index is 0.000000902. The second-order valence-electron chi connectivity index (χ2n) is 14.0. The van der Waals surface area contributed by atoms with Crippen LogP contribution in [0.5, 0.6) is 0 Å². The molecule has 58 heavy (non-hydrogen) atoms. The minimum absolute atomic E-state index is 0. The summed E-state index contributed by atoms with van der Waals surface area (Å²) in [7, 11) is 0. The SMILES string of the molecule is CC(=O)/C=C(/C)[O-].CC(=O)/C=C(/C)[O-].Cc1cccc(C)c1N=C1C=C([N-]c2c(C)cccc2C)C(=Nc2c(C)cccc2C)C=C1[N-]c1c(C)cccc1C.[Cu+2].[Cu+2]. The largest absolute Gasteiger partial charge is 2.00 e. The number of aryl methyl sites for hydroxylation is 8. The van der Waals surface area contributed by atoms with Crippen LogP contribution >= 0.6 is 0 Å². The van der Waals surface area contributed by atoms with E-state index in [0.29, 0.717) is 0 Å². The van der Waals surface area contributed by atoms with E-state index in [4.69, 9.17) is 20.6 Å². The summed E-state index contributed by atoms with van der Waals surface area (Å²) >= 11 is 0. The molecule has 5 rings (SSSR count). The number of allylic oxidation sites excluding steroid dienone is 6. The first-order chi connectivity index (χ1) is 26.4. The van der Waals surface area contributed by atoms with Gasteiger partial charge in [0.25, 0.3) is 0 Å². The van der Waals surface area contributed by atoms with Gasteiger partial charge in [-0.15, -0.1) is 34.3 Å². The molecule has 310 valence electrons. The van der Waals surface area contributed by atoms with E-state index in [1.54, 1.807) is 0 Å². The van der Waals surface area contributed by atoms with Crippen molar-refractivity contribution < 1.29 is 53.9 Å². The first-order valence-corrected chi connectivity index (χ1v) is 18.4. The van der Waals surface area contributed by atoms with E-state index >= 15 is 0 Å². The van der Waals surface area contributed by atoms with E-state index in [-0.39, 0.29) is 57.2 Å². The molecule has 0 atom stereocenters. The molecule has 8 nitrogen and oxygen atoms in total. The smallest absolute Gasteiger partial charge is 0.876 e. The first-order valence-electron chi connectivity index (χ1n) is 18.4. The third-order valence-corrected chi connectivity index (χ3v) is 8.57. The number of para-hydroxylation sites is 4. The van der Waals surface area contributed by atoms with Gasteiger partial charge < -0.3 is 20.8 Å². The van der Waals surface area contributed by atoms with Crippen molar-refractivity contribution in [1.82, 2.24) is 0 Å². The van der Waals surface area contributed by atoms with Crippen molar-refractivity contribution in [2.75, 3.05) is 0 Å². The Morgan fingerprint density at radius 3 is 0.914 bits per heavy atom. The zero-order valence-corrected chi connectivity index (χ0v) is 37.1. The van der Waals surface area contributed by atoms with Crippen LogP contribution in [0.2, 0.25) is 0 Å². The molecule has 0 spiro atoms. The number of nitrogens with zero attached hydrogens (tertiary/aromatic N) is 4. The van der Waals surface area contributed by atoms with Gasteiger partial charge in [-0.1, -0.05) is 121 Å². The maximum Gasteiger partial charge on any atom is 2.00 e. The Bertz CT molecular complexity index is 2050. The number of aliphatic imine (C=N–C) groups is 2. The molecule has 1 aliphatic rings. The molecule has 0 saturated heterocycles. The van der Waals surface area contributed by atoms with Crippen LogP contribution in [-0.2, 0) is 43.7 Å². The third-order valence-electron chi connectivity index (χ3n) is 8.57. The molecule has 0 N–H and O–H groups in total. The molecular formula is C48H52Cu2N4O4. The van der Waals surface area contributed by atoms with Gasteiger partial charge in [-0.3, -0.25) is 9.59 Å². The van der Waals surface area contributed by atoms with Crippen LogP contribution in [0.15, 0.2) is 130 Å². The molecule has 4 aromatic carbocycles. The number of hydrogen-bond acceptors (Lipinski definition) is 6. The average Bonchev–Trinajstić information content (AvgIpc) is 3.08. The van der Waals surface area contributed by atoms with Gasteiger partial charge in [0.1, 0.15) is 0 Å². The summed E-state index contributed by atoms with van der Waals surface area (Å²) in [5.74, 6) is -0.750. The van der Waals surface area contributed by atoms with Gasteiger partial charge in [0.2, 0.25) is 0 Å². The molecule has 0 aliphatic heterocycles. The Morgan fingerprint density at radius 2 is 0.707 bits per heavy atom. The van der Waals surface area contributed by atoms with Crippen molar-refractivity contribution in [2.45, 2.75) is 83.1 Å². The number of hydrogen-bond donors (Lipinski definition) is 0. The van der Waals surface area contributed by atoms with Crippen LogP contribution in [0.4, 0.5) is 22.7 Å². The van der Waals surface area contributed by atoms with Gasteiger partial charge in [-0.25, -0.2) is 9.98 Å². The van der Waals surface area contributed by atoms with Gasteiger partial charge in [0.05, 0.1) is 11.4 Å². The molecule has 10 heteroatoms. The molecule has 1 aliphatic carbocycles.